The number of sulfone groups is 1. The molecule has 0 aliphatic carbocycles. The van der Waals surface area contributed by atoms with Crippen molar-refractivity contribution in [1.82, 2.24) is 0 Å². The Balaban J connectivity index is 1.70. The van der Waals surface area contributed by atoms with Gasteiger partial charge >= 0.3 is 0 Å². The molecule has 0 saturated heterocycles. The Morgan fingerprint density at radius 1 is 1.10 bits per heavy atom. The van der Waals surface area contributed by atoms with Crippen LogP contribution in [0, 0.1) is 5.82 Å². The molecule has 2 aromatic carbocycles. The molecule has 2 amide bonds. The van der Waals surface area contributed by atoms with Crippen molar-refractivity contribution in [3.05, 3.63) is 78.5 Å². The zero-order valence-corrected chi connectivity index (χ0v) is 16.4. The van der Waals surface area contributed by atoms with Crippen LogP contribution in [0.5, 0.6) is 0 Å². The fraction of sp³-hybridized carbons (Fsp3) is 0.143. The summed E-state index contributed by atoms with van der Waals surface area (Å²) in [6.45, 7) is -0.468. The molecule has 0 spiro atoms. The molecule has 4 rings (SSSR count). The molecule has 1 aliphatic heterocycles. The van der Waals surface area contributed by atoms with E-state index in [-0.39, 0.29) is 22.0 Å². The van der Waals surface area contributed by atoms with E-state index in [9.17, 15) is 22.4 Å². The van der Waals surface area contributed by atoms with Crippen LogP contribution in [0.1, 0.15) is 17.4 Å². The number of fused-ring (bicyclic) bond motifs is 1. The number of carbonyl (C=O) groups excluding carboxylic acids is 2. The van der Waals surface area contributed by atoms with Gasteiger partial charge in [-0.1, -0.05) is 24.3 Å². The Labute approximate surface area is 172 Å². The van der Waals surface area contributed by atoms with E-state index in [1.807, 2.05) is 0 Å². The van der Waals surface area contributed by atoms with E-state index >= 15 is 0 Å². The lowest BCUT2D eigenvalue weighted by molar-refractivity contribution is -0.121. The normalized spacial score (nSPS) is 17.8. The van der Waals surface area contributed by atoms with Gasteiger partial charge in [0.15, 0.2) is 9.84 Å². The van der Waals surface area contributed by atoms with Gasteiger partial charge in [0.2, 0.25) is 11.8 Å². The van der Waals surface area contributed by atoms with Crippen LogP contribution in [-0.4, -0.2) is 26.8 Å². The van der Waals surface area contributed by atoms with Gasteiger partial charge in [-0.3, -0.25) is 9.59 Å². The molecule has 1 atom stereocenters. The van der Waals surface area contributed by atoms with Crippen LogP contribution < -0.4 is 10.2 Å². The van der Waals surface area contributed by atoms with Crippen LogP contribution >= 0.6 is 0 Å². The minimum absolute atomic E-state index is 0.0286. The van der Waals surface area contributed by atoms with E-state index in [2.05, 4.69) is 5.32 Å². The summed E-state index contributed by atoms with van der Waals surface area (Å²) in [6, 6.07) is 14.7. The predicted molar refractivity (Wildman–Crippen MR) is 107 cm³/mol. The molecule has 30 heavy (non-hydrogen) atoms. The molecule has 0 fully saturated rings. The van der Waals surface area contributed by atoms with E-state index in [1.54, 1.807) is 24.3 Å². The zero-order chi connectivity index (χ0) is 21.3. The smallest absolute Gasteiger partial charge is 0.244 e. The van der Waals surface area contributed by atoms with Crippen molar-refractivity contribution in [2.75, 3.05) is 16.8 Å². The van der Waals surface area contributed by atoms with Gasteiger partial charge in [0, 0.05) is 0 Å². The molecule has 1 unspecified atom stereocenters. The lowest BCUT2D eigenvalue weighted by Crippen LogP contribution is -2.38. The highest BCUT2D eigenvalue weighted by molar-refractivity contribution is 7.91. The first-order chi connectivity index (χ1) is 14.4. The average molecular weight is 428 g/mol. The number of hydrogen-bond acceptors (Lipinski definition) is 5. The van der Waals surface area contributed by atoms with E-state index < -0.39 is 45.7 Å². The first-order valence-corrected chi connectivity index (χ1v) is 10.6. The van der Waals surface area contributed by atoms with Crippen molar-refractivity contribution in [3.8, 4) is 0 Å². The van der Waals surface area contributed by atoms with Crippen molar-refractivity contribution in [2.24, 2.45) is 0 Å². The molecule has 0 saturated carbocycles. The van der Waals surface area contributed by atoms with Gasteiger partial charge in [0.25, 0.3) is 0 Å². The second kappa shape index (κ2) is 7.75. The molecule has 9 heteroatoms. The Morgan fingerprint density at radius 3 is 2.57 bits per heavy atom. The molecule has 1 N–H and O–H groups in total. The highest BCUT2D eigenvalue weighted by Gasteiger charge is 2.41. The van der Waals surface area contributed by atoms with Crippen LogP contribution in [0.25, 0.3) is 0 Å². The van der Waals surface area contributed by atoms with Crippen LogP contribution in [0.3, 0.4) is 0 Å². The summed E-state index contributed by atoms with van der Waals surface area (Å²) in [5.74, 6) is -1.68. The third-order valence-electron chi connectivity index (χ3n) is 4.81. The third-order valence-corrected chi connectivity index (χ3v) is 6.91. The predicted octanol–water partition coefficient (Wildman–Crippen LogP) is 3.31. The number of nitrogens with zero attached hydrogens (tertiary/aromatic N) is 1. The minimum Gasteiger partial charge on any atom is -0.468 e. The molecule has 7 nitrogen and oxygen atoms in total. The van der Waals surface area contributed by atoms with E-state index in [4.69, 9.17) is 4.42 Å². The lowest BCUT2D eigenvalue weighted by atomic mass is 10.2. The van der Waals surface area contributed by atoms with Crippen LogP contribution in [0.4, 0.5) is 15.8 Å². The third kappa shape index (κ3) is 3.59. The van der Waals surface area contributed by atoms with E-state index in [1.165, 1.54) is 42.7 Å². The Kier molecular flexibility index (Phi) is 5.13. The highest BCUT2D eigenvalue weighted by atomic mass is 32.2. The van der Waals surface area contributed by atoms with Crippen molar-refractivity contribution in [2.45, 2.75) is 16.6 Å². The summed E-state index contributed by atoms with van der Waals surface area (Å²) in [5, 5.41) is 1.21. The summed E-state index contributed by atoms with van der Waals surface area (Å²) in [4.78, 5) is 26.6. The maximum atomic E-state index is 13.8. The average Bonchev–Trinajstić information content (AvgIpc) is 3.23. The first-order valence-electron chi connectivity index (χ1n) is 9.09. The zero-order valence-electron chi connectivity index (χ0n) is 15.6. The number of amides is 2. The van der Waals surface area contributed by atoms with Gasteiger partial charge in [-0.15, -0.1) is 0 Å². The second-order valence-corrected chi connectivity index (χ2v) is 8.83. The molecular weight excluding hydrogens is 411 g/mol. The molecule has 3 aromatic rings. The van der Waals surface area contributed by atoms with Gasteiger partial charge < -0.3 is 14.6 Å². The highest BCUT2D eigenvalue weighted by Crippen LogP contribution is 2.40. The molecular formula is C21H17FN2O5S. The maximum Gasteiger partial charge on any atom is 0.244 e. The van der Waals surface area contributed by atoms with Crippen molar-refractivity contribution < 1.29 is 26.8 Å². The number of rotatable bonds is 4. The monoisotopic (exact) mass is 428 g/mol. The Hall–Kier alpha value is -3.46. The van der Waals surface area contributed by atoms with Gasteiger partial charge in [0.1, 0.15) is 23.4 Å². The number of carbonyl (C=O) groups is 2. The van der Waals surface area contributed by atoms with Gasteiger partial charge in [-0.05, 0) is 36.4 Å². The van der Waals surface area contributed by atoms with Crippen LogP contribution in [0.2, 0.25) is 0 Å². The second-order valence-electron chi connectivity index (χ2n) is 6.73. The number of hydrogen-bond donors (Lipinski definition) is 1. The number of benzene rings is 2. The fourth-order valence-corrected chi connectivity index (χ4v) is 5.23. The van der Waals surface area contributed by atoms with Crippen molar-refractivity contribution in [1.29, 1.82) is 0 Å². The SMILES string of the molecule is O=C(CN1C(=O)CC(c2ccco2)S(=O)(=O)c2ccccc21)Nc1ccccc1F. The molecule has 0 radical (unpaired) electrons. The van der Waals surface area contributed by atoms with Crippen molar-refractivity contribution in [3.63, 3.8) is 0 Å². The summed E-state index contributed by atoms with van der Waals surface area (Å²) in [6.07, 6.45) is 0.948. The van der Waals surface area contributed by atoms with Crippen LogP contribution in [0.15, 0.2) is 76.2 Å². The molecule has 0 bridgehead atoms. The summed E-state index contributed by atoms with van der Waals surface area (Å²) >= 11 is 0. The Morgan fingerprint density at radius 2 is 1.83 bits per heavy atom. The number of anilines is 2. The van der Waals surface area contributed by atoms with E-state index in [0.717, 1.165) is 4.90 Å². The quantitative estimate of drug-likeness (QED) is 0.688. The number of nitrogens with one attached hydrogen (secondary N) is 1. The standard InChI is InChI=1S/C21H17FN2O5S/c22-14-6-1-2-7-15(14)23-20(25)13-24-16-8-3-4-10-18(16)30(27,28)19(12-21(24)26)17-9-5-11-29-17/h1-11,19H,12-13H2,(H,23,25). The largest absolute Gasteiger partial charge is 0.468 e. The lowest BCUT2D eigenvalue weighted by Gasteiger charge is -2.21. The van der Waals surface area contributed by atoms with Gasteiger partial charge in [-0.25, -0.2) is 12.8 Å². The molecule has 154 valence electrons. The molecule has 1 aromatic heterocycles. The number of halogens is 1. The Bertz CT molecular complexity index is 1210. The summed E-state index contributed by atoms with van der Waals surface area (Å²) in [7, 11) is -3.96. The fourth-order valence-electron chi connectivity index (χ4n) is 3.38. The van der Waals surface area contributed by atoms with E-state index in [0.29, 0.717) is 0 Å². The first kappa shape index (κ1) is 19.8. The minimum atomic E-state index is -3.96. The number of para-hydroxylation sites is 2. The summed E-state index contributed by atoms with van der Waals surface area (Å²) in [5.41, 5.74) is 0.0689. The van der Waals surface area contributed by atoms with Gasteiger partial charge in [-0.2, -0.15) is 0 Å². The topological polar surface area (TPSA) is 96.7 Å². The van der Waals surface area contributed by atoms with Crippen molar-refractivity contribution >= 4 is 33.0 Å². The maximum absolute atomic E-state index is 13.8. The number of furan rings is 1. The van der Waals surface area contributed by atoms with Gasteiger partial charge in [0.05, 0.1) is 29.0 Å². The molecule has 2 heterocycles. The van der Waals surface area contributed by atoms with Crippen LogP contribution in [-0.2, 0) is 19.4 Å². The summed E-state index contributed by atoms with van der Waals surface area (Å²) < 4.78 is 45.6. The molecule has 1 aliphatic rings.